The zero-order valence-electron chi connectivity index (χ0n) is 26.4. The van der Waals surface area contributed by atoms with Gasteiger partial charge in [0.05, 0.1) is 49.3 Å². The summed E-state index contributed by atoms with van der Waals surface area (Å²) in [7, 11) is -0.604. The van der Waals surface area contributed by atoms with Crippen molar-refractivity contribution in [1.29, 1.82) is 0 Å². The minimum absolute atomic E-state index is 0. The molecule has 13 heteroatoms. The second-order valence-electron chi connectivity index (χ2n) is 15.8. The predicted molar refractivity (Wildman–Crippen MR) is 184 cm³/mol. The van der Waals surface area contributed by atoms with E-state index in [1.165, 1.54) is 103 Å². The second kappa shape index (κ2) is 15.8. The van der Waals surface area contributed by atoms with Gasteiger partial charge in [-0.05, 0) is 98.7 Å². The van der Waals surface area contributed by atoms with Crippen molar-refractivity contribution in [2.24, 2.45) is 47.3 Å². The van der Waals surface area contributed by atoms with E-state index in [-0.39, 0.29) is 17.1 Å². The molecule has 8 unspecified atom stereocenters. The van der Waals surface area contributed by atoms with Crippen LogP contribution in [0.15, 0.2) is 0 Å². The summed E-state index contributed by atoms with van der Waals surface area (Å²) in [4.78, 5) is 0. The maximum absolute atomic E-state index is 4.26. The minimum atomic E-state index is -0.604. The number of hydrogen-bond acceptors (Lipinski definition) is 8. The number of hydrogen-bond donors (Lipinski definition) is 8. The van der Waals surface area contributed by atoms with Crippen LogP contribution < -0.4 is 42.5 Å². The molecule has 9 rings (SSSR count). The largest absolute Gasteiger partial charge is 0 e. The van der Waals surface area contributed by atoms with E-state index in [4.69, 9.17) is 0 Å². The van der Waals surface area contributed by atoms with Crippen LogP contribution in [0.25, 0.3) is 0 Å². The van der Waals surface area contributed by atoms with Gasteiger partial charge in [0.2, 0.25) is 0 Å². The van der Waals surface area contributed by atoms with E-state index in [1.807, 2.05) is 0 Å². The van der Waals surface area contributed by atoms with Crippen LogP contribution >= 0.6 is 42.2 Å². The van der Waals surface area contributed by atoms with E-state index in [9.17, 15) is 0 Å². The fourth-order valence-electron chi connectivity index (χ4n) is 12.0. The van der Waals surface area contributed by atoms with Crippen molar-refractivity contribution in [2.45, 2.75) is 152 Å². The van der Waals surface area contributed by atoms with Gasteiger partial charge in [0, 0.05) is 17.1 Å². The number of halogens is 3. The summed E-state index contributed by atoms with van der Waals surface area (Å²) in [5, 5.41) is 33.8. The molecule has 9 aliphatic rings. The van der Waals surface area contributed by atoms with Gasteiger partial charge in [0.25, 0.3) is 0 Å². The predicted octanol–water partition coefficient (Wildman–Crippen LogP) is 5.14. The summed E-state index contributed by atoms with van der Waals surface area (Å²) < 4.78 is 0. The quantitative estimate of drug-likeness (QED) is 0.159. The first-order valence-electron chi connectivity index (χ1n) is 18.3. The van der Waals surface area contributed by atoms with Crippen LogP contribution in [-0.4, -0.2) is 49.3 Å². The third-order valence-electron chi connectivity index (χ3n) is 13.8. The van der Waals surface area contributed by atoms with Crippen LogP contribution in [0, 0.1) is 47.3 Å². The molecular weight excluding hydrogens is 852 g/mol. The Labute approximate surface area is 307 Å². The van der Waals surface area contributed by atoms with Crippen LogP contribution in [0.1, 0.15) is 103 Å². The molecule has 0 aromatic heterocycles. The molecule has 5 heterocycles. The van der Waals surface area contributed by atoms with E-state index < -0.39 is 8.67 Å². The van der Waals surface area contributed by atoms with Gasteiger partial charge >= 0.3 is 50.8 Å². The molecule has 8 atom stereocenters. The molecule has 262 valence electrons. The van der Waals surface area contributed by atoms with Gasteiger partial charge in [0.15, 0.2) is 0 Å². The van der Waals surface area contributed by atoms with E-state index in [1.54, 1.807) is 0 Å². The zero-order chi connectivity index (χ0) is 29.8. The van der Waals surface area contributed by atoms with Crippen molar-refractivity contribution in [3.63, 3.8) is 0 Å². The summed E-state index contributed by atoms with van der Waals surface area (Å²) in [5.41, 5.74) is 0. The summed E-state index contributed by atoms with van der Waals surface area (Å²) in [6, 6.07) is 0. The van der Waals surface area contributed by atoms with Gasteiger partial charge in [-0.25, -0.2) is 0 Å². The molecule has 4 saturated carbocycles. The number of fused-ring (bicyclic) bond motifs is 20. The van der Waals surface area contributed by atoms with Crippen molar-refractivity contribution in [2.75, 3.05) is 0 Å². The SMILES string of the molecule is C1CCC2C3NC(NC4NC(NC5NC(NC6NC(N3)C3CCCCC63)C3CCCCC53)C3CCCCC43)C2C1.[Br][Cr]([Br])[Br].[Cu]. The Kier molecular flexibility index (Phi) is 12.5. The maximum Gasteiger partial charge on any atom is 0 e. The van der Waals surface area contributed by atoms with Gasteiger partial charge < -0.3 is 0 Å². The first-order chi connectivity index (χ1) is 21.5. The van der Waals surface area contributed by atoms with Crippen molar-refractivity contribution in [3.8, 4) is 0 Å². The normalized spacial score (nSPS) is 52.0. The fraction of sp³-hybridized carbons (Fsp3) is 1.00. The molecule has 8 bridgehead atoms. The third-order valence-corrected chi connectivity index (χ3v) is 13.8. The second-order valence-corrected chi connectivity index (χ2v) is 35.1. The van der Waals surface area contributed by atoms with E-state index in [0.717, 1.165) is 47.3 Å². The molecule has 0 aromatic carbocycles. The topological polar surface area (TPSA) is 96.2 Å². The molecule has 8 nitrogen and oxygen atoms in total. The Morgan fingerprint density at radius 2 is 0.400 bits per heavy atom. The van der Waals surface area contributed by atoms with Crippen LogP contribution in [0.4, 0.5) is 0 Å². The van der Waals surface area contributed by atoms with Gasteiger partial charge in [-0.3, -0.25) is 42.5 Å². The summed E-state index contributed by atoms with van der Waals surface area (Å²) in [5.74, 6) is 5.97. The molecular formula is C32H56Br3CrCuN8. The standard InChI is InChI=1S/C32H56N8.3BrH.Cr.Cu/c1-2-10-18-17(9-1)25-33-26(18)38-28-21-13-5-6-14-22(21)30(35-28)40-32-24-16-8-7-15-23(24)31(36-32)39-29-20-12-4-3-11-19(20)27(34-29)37-25;;;;;/h17-40H,1-16H2;3*1H;;/q;;;;+3;/p-3. The molecule has 5 aliphatic heterocycles. The first-order valence-corrected chi connectivity index (χ1v) is 27.8. The Balaban J connectivity index is 0.000000617. The number of rotatable bonds is 0. The van der Waals surface area contributed by atoms with E-state index in [0.29, 0.717) is 49.3 Å². The molecule has 0 amide bonds. The molecule has 0 spiro atoms. The van der Waals surface area contributed by atoms with Gasteiger partial charge in [-0.15, -0.1) is 0 Å². The Morgan fingerprint density at radius 1 is 0.289 bits per heavy atom. The molecule has 0 aromatic rings. The average Bonchev–Trinajstić information content (AvgIpc) is 3.76. The summed E-state index contributed by atoms with van der Waals surface area (Å²) >= 11 is 9.69. The minimum Gasteiger partial charge on any atom is 0 e. The van der Waals surface area contributed by atoms with E-state index in [2.05, 4.69) is 84.7 Å². The monoisotopic (exact) mass is 904 g/mol. The molecule has 9 fully saturated rings. The Hall–Kier alpha value is 2.17. The first kappa shape index (κ1) is 35.6. The van der Waals surface area contributed by atoms with Crippen molar-refractivity contribution < 1.29 is 25.7 Å². The van der Waals surface area contributed by atoms with Crippen LogP contribution in [-0.2, 0) is 25.7 Å². The number of nitrogens with one attached hydrogen (secondary N) is 8. The van der Waals surface area contributed by atoms with Gasteiger partial charge in [-0.2, -0.15) is 0 Å². The van der Waals surface area contributed by atoms with Crippen LogP contribution in [0.2, 0.25) is 0 Å². The molecule has 5 saturated heterocycles. The maximum atomic E-state index is 4.26. The molecule has 45 heavy (non-hydrogen) atoms. The third kappa shape index (κ3) is 7.42. The van der Waals surface area contributed by atoms with Gasteiger partial charge in [0.1, 0.15) is 0 Å². The Morgan fingerprint density at radius 3 is 0.511 bits per heavy atom. The van der Waals surface area contributed by atoms with Crippen LogP contribution in [0.3, 0.4) is 0 Å². The van der Waals surface area contributed by atoms with Crippen molar-refractivity contribution in [3.05, 3.63) is 0 Å². The van der Waals surface area contributed by atoms with Gasteiger partial charge in [-0.1, -0.05) is 51.4 Å². The van der Waals surface area contributed by atoms with Crippen molar-refractivity contribution >= 4 is 42.2 Å². The fourth-order valence-corrected chi connectivity index (χ4v) is 12.0. The molecule has 8 N–H and O–H groups in total. The van der Waals surface area contributed by atoms with E-state index >= 15 is 0 Å². The summed E-state index contributed by atoms with van der Waals surface area (Å²) in [6.45, 7) is 0. The summed E-state index contributed by atoms with van der Waals surface area (Å²) in [6.07, 6.45) is 25.6. The average molecular weight is 908 g/mol. The zero-order valence-corrected chi connectivity index (χ0v) is 33.4. The van der Waals surface area contributed by atoms with Crippen LogP contribution in [0.5, 0.6) is 0 Å². The molecule has 1 radical (unpaired) electrons. The smallest absolute Gasteiger partial charge is 0 e. The molecule has 4 aliphatic carbocycles. The van der Waals surface area contributed by atoms with Crippen molar-refractivity contribution in [1.82, 2.24) is 42.5 Å². The Bertz CT molecular complexity index is 780.